The van der Waals surface area contributed by atoms with Crippen molar-refractivity contribution in [3.05, 3.63) is 69.7 Å². The van der Waals surface area contributed by atoms with E-state index in [4.69, 9.17) is 11.6 Å². The van der Waals surface area contributed by atoms with E-state index in [2.05, 4.69) is 4.98 Å². The number of hydrogen-bond acceptors (Lipinski definition) is 1. The molecule has 0 saturated carbocycles. The quantitative estimate of drug-likeness (QED) is 0.714. The molecule has 0 aliphatic heterocycles. The van der Waals surface area contributed by atoms with E-state index in [1.165, 1.54) is 18.3 Å². The number of benzene rings is 2. The Labute approximate surface area is 113 Å². The second-order valence-electron chi connectivity index (χ2n) is 4.20. The first-order valence-corrected chi connectivity index (χ1v) is 6.10. The molecule has 19 heavy (non-hydrogen) atoms. The van der Waals surface area contributed by atoms with Crippen molar-refractivity contribution in [3.63, 3.8) is 0 Å². The summed E-state index contributed by atoms with van der Waals surface area (Å²) in [5.74, 6) is -0.433. The maximum absolute atomic E-state index is 13.6. The van der Waals surface area contributed by atoms with Gasteiger partial charge in [0.05, 0.1) is 5.52 Å². The van der Waals surface area contributed by atoms with Gasteiger partial charge < -0.3 is 4.98 Å². The van der Waals surface area contributed by atoms with E-state index in [0.717, 1.165) is 5.56 Å². The van der Waals surface area contributed by atoms with Gasteiger partial charge in [-0.05, 0) is 29.8 Å². The van der Waals surface area contributed by atoms with Crippen molar-refractivity contribution in [2.24, 2.45) is 0 Å². The Morgan fingerprint density at radius 3 is 2.53 bits per heavy atom. The monoisotopic (exact) mass is 273 g/mol. The predicted molar refractivity (Wildman–Crippen MR) is 75.0 cm³/mol. The smallest absolute Gasteiger partial charge is 0.197 e. The summed E-state index contributed by atoms with van der Waals surface area (Å²) in [4.78, 5) is 15.2. The molecule has 1 aromatic heterocycles. The van der Waals surface area contributed by atoms with Crippen LogP contribution in [0.1, 0.15) is 0 Å². The Morgan fingerprint density at radius 2 is 1.79 bits per heavy atom. The molecular weight excluding hydrogens is 265 g/mol. The number of nitrogens with one attached hydrogen (secondary N) is 1. The standard InChI is InChI=1S/C15H9ClFNO/c16-10-6-4-9(5-7-10)12-8-18-14-11(15(12)19)2-1-3-13(14)17/h1-8H,(H,18,19). The molecule has 0 saturated heterocycles. The Kier molecular flexibility index (Phi) is 2.84. The molecule has 4 heteroatoms. The fourth-order valence-electron chi connectivity index (χ4n) is 2.06. The van der Waals surface area contributed by atoms with Gasteiger partial charge in [0, 0.05) is 22.2 Å². The Hall–Kier alpha value is -2.13. The van der Waals surface area contributed by atoms with Crippen molar-refractivity contribution in [1.82, 2.24) is 4.98 Å². The largest absolute Gasteiger partial charge is 0.358 e. The van der Waals surface area contributed by atoms with E-state index in [0.29, 0.717) is 16.0 Å². The minimum atomic E-state index is -0.433. The van der Waals surface area contributed by atoms with Gasteiger partial charge in [0.25, 0.3) is 0 Å². The van der Waals surface area contributed by atoms with E-state index in [1.807, 2.05) is 0 Å². The molecular formula is C15H9ClFNO. The van der Waals surface area contributed by atoms with Crippen molar-refractivity contribution >= 4 is 22.5 Å². The highest BCUT2D eigenvalue weighted by atomic mass is 35.5. The first-order valence-electron chi connectivity index (χ1n) is 5.72. The van der Waals surface area contributed by atoms with Crippen LogP contribution in [0.5, 0.6) is 0 Å². The summed E-state index contributed by atoms with van der Waals surface area (Å²) >= 11 is 5.82. The van der Waals surface area contributed by atoms with Crippen LogP contribution >= 0.6 is 11.6 Å². The molecule has 3 rings (SSSR count). The summed E-state index contributed by atoms with van der Waals surface area (Å²) in [5.41, 5.74) is 1.27. The molecule has 0 radical (unpaired) electrons. The summed E-state index contributed by atoms with van der Waals surface area (Å²) < 4.78 is 13.6. The number of pyridine rings is 1. The number of para-hydroxylation sites is 1. The minimum absolute atomic E-state index is 0.199. The molecule has 2 nitrogen and oxygen atoms in total. The third-order valence-electron chi connectivity index (χ3n) is 3.02. The zero-order chi connectivity index (χ0) is 13.4. The minimum Gasteiger partial charge on any atom is -0.358 e. The Morgan fingerprint density at radius 1 is 1.05 bits per heavy atom. The number of aromatic nitrogens is 1. The van der Waals surface area contributed by atoms with Crippen LogP contribution in [-0.2, 0) is 0 Å². The second kappa shape index (κ2) is 4.52. The first-order chi connectivity index (χ1) is 9.16. The molecule has 0 spiro atoms. The summed E-state index contributed by atoms with van der Waals surface area (Å²) in [6.45, 7) is 0. The fourth-order valence-corrected chi connectivity index (χ4v) is 2.18. The van der Waals surface area contributed by atoms with Gasteiger partial charge in [0.2, 0.25) is 0 Å². The number of hydrogen-bond donors (Lipinski definition) is 1. The molecule has 0 aliphatic carbocycles. The lowest BCUT2D eigenvalue weighted by Gasteiger charge is -2.04. The first kappa shape index (κ1) is 11.9. The van der Waals surface area contributed by atoms with Gasteiger partial charge in [-0.2, -0.15) is 0 Å². The van der Waals surface area contributed by atoms with Crippen LogP contribution in [0.4, 0.5) is 4.39 Å². The highest BCUT2D eigenvalue weighted by molar-refractivity contribution is 6.30. The normalized spacial score (nSPS) is 10.8. The number of rotatable bonds is 1. The van der Waals surface area contributed by atoms with E-state index in [9.17, 15) is 9.18 Å². The molecule has 1 heterocycles. The molecule has 0 bridgehead atoms. The molecule has 3 aromatic rings. The summed E-state index contributed by atoms with van der Waals surface area (Å²) in [5, 5.41) is 0.944. The zero-order valence-electron chi connectivity index (χ0n) is 9.78. The SMILES string of the molecule is O=c1c(-c2ccc(Cl)cc2)c[nH]c2c(F)cccc12. The average Bonchev–Trinajstić information content (AvgIpc) is 2.42. The van der Waals surface area contributed by atoms with Gasteiger partial charge in [-0.15, -0.1) is 0 Å². The highest BCUT2D eigenvalue weighted by Gasteiger charge is 2.09. The maximum atomic E-state index is 13.6. The highest BCUT2D eigenvalue weighted by Crippen LogP contribution is 2.20. The van der Waals surface area contributed by atoms with Crippen LogP contribution < -0.4 is 5.43 Å². The van der Waals surface area contributed by atoms with E-state index >= 15 is 0 Å². The molecule has 0 fully saturated rings. The van der Waals surface area contributed by atoms with Gasteiger partial charge >= 0.3 is 0 Å². The lowest BCUT2D eigenvalue weighted by Crippen LogP contribution is -2.07. The molecule has 2 aromatic carbocycles. The number of aromatic amines is 1. The Balaban J connectivity index is 2.29. The molecule has 0 amide bonds. The molecule has 0 unspecified atom stereocenters. The average molecular weight is 274 g/mol. The van der Waals surface area contributed by atoms with Crippen molar-refractivity contribution in [2.75, 3.05) is 0 Å². The number of H-pyrrole nitrogens is 1. The topological polar surface area (TPSA) is 32.9 Å². The van der Waals surface area contributed by atoms with Crippen LogP contribution in [-0.4, -0.2) is 4.98 Å². The van der Waals surface area contributed by atoms with Crippen LogP contribution in [0.25, 0.3) is 22.0 Å². The van der Waals surface area contributed by atoms with Gasteiger partial charge in [-0.1, -0.05) is 29.8 Å². The van der Waals surface area contributed by atoms with Crippen molar-refractivity contribution in [3.8, 4) is 11.1 Å². The molecule has 0 aliphatic rings. The van der Waals surface area contributed by atoms with Crippen LogP contribution in [0.2, 0.25) is 5.02 Å². The van der Waals surface area contributed by atoms with Crippen LogP contribution in [0.15, 0.2) is 53.5 Å². The lowest BCUT2D eigenvalue weighted by molar-refractivity contribution is 0.637. The van der Waals surface area contributed by atoms with E-state index < -0.39 is 5.82 Å². The van der Waals surface area contributed by atoms with Crippen molar-refractivity contribution < 1.29 is 4.39 Å². The van der Waals surface area contributed by atoms with Gasteiger partial charge in [-0.3, -0.25) is 4.79 Å². The molecule has 94 valence electrons. The van der Waals surface area contributed by atoms with Gasteiger partial charge in [-0.25, -0.2) is 4.39 Å². The third-order valence-corrected chi connectivity index (χ3v) is 3.27. The number of fused-ring (bicyclic) bond motifs is 1. The molecule has 1 N–H and O–H groups in total. The second-order valence-corrected chi connectivity index (χ2v) is 4.64. The van der Waals surface area contributed by atoms with E-state index in [-0.39, 0.29) is 10.9 Å². The third kappa shape index (κ3) is 2.02. The van der Waals surface area contributed by atoms with Gasteiger partial charge in [0.15, 0.2) is 5.43 Å². The maximum Gasteiger partial charge on any atom is 0.197 e. The van der Waals surface area contributed by atoms with Crippen LogP contribution in [0.3, 0.4) is 0 Å². The summed E-state index contributed by atoms with van der Waals surface area (Å²) in [7, 11) is 0. The number of halogens is 2. The zero-order valence-corrected chi connectivity index (χ0v) is 10.5. The van der Waals surface area contributed by atoms with Crippen LogP contribution in [0, 0.1) is 5.82 Å². The van der Waals surface area contributed by atoms with Crippen molar-refractivity contribution in [2.45, 2.75) is 0 Å². The predicted octanol–water partition coefficient (Wildman–Crippen LogP) is 3.99. The molecule has 0 atom stereocenters. The lowest BCUT2D eigenvalue weighted by atomic mass is 10.0. The van der Waals surface area contributed by atoms with E-state index in [1.54, 1.807) is 30.3 Å². The summed E-state index contributed by atoms with van der Waals surface area (Å²) in [6.07, 6.45) is 1.52. The van der Waals surface area contributed by atoms with Crippen molar-refractivity contribution in [1.29, 1.82) is 0 Å². The van der Waals surface area contributed by atoms with Gasteiger partial charge in [0.1, 0.15) is 5.82 Å². The Bertz CT molecular complexity index is 808. The fraction of sp³-hybridized carbons (Fsp3) is 0. The summed E-state index contributed by atoms with van der Waals surface area (Å²) in [6, 6.07) is 11.4.